The summed E-state index contributed by atoms with van der Waals surface area (Å²) in [5.74, 6) is 0.838. The minimum atomic E-state index is 0.201. The van der Waals surface area contributed by atoms with Gasteiger partial charge in [-0.05, 0) is 23.9 Å². The van der Waals surface area contributed by atoms with Crippen molar-refractivity contribution in [2.24, 2.45) is 0 Å². The predicted octanol–water partition coefficient (Wildman–Crippen LogP) is 2.60. The minimum Gasteiger partial charge on any atom is -0.383 e. The Kier molecular flexibility index (Phi) is 3.93. The molecule has 0 spiro atoms. The van der Waals surface area contributed by atoms with Crippen molar-refractivity contribution < 1.29 is 0 Å². The number of nitrogen functional groups attached to an aromatic ring is 1. The summed E-state index contributed by atoms with van der Waals surface area (Å²) in [5, 5.41) is 1.14. The van der Waals surface area contributed by atoms with Crippen LogP contribution in [-0.2, 0) is 0 Å². The Morgan fingerprint density at radius 3 is 2.92 bits per heavy atom. The lowest BCUT2D eigenvalue weighted by molar-refractivity contribution is 0.737. The summed E-state index contributed by atoms with van der Waals surface area (Å²) in [6.07, 6.45) is 2.70. The Bertz CT molecular complexity index is 293. The van der Waals surface area contributed by atoms with Crippen LogP contribution in [0.4, 0.5) is 5.82 Å². The van der Waals surface area contributed by atoms with Crippen molar-refractivity contribution in [3.8, 4) is 0 Å². The molecule has 1 aromatic rings. The normalized spacial score (nSPS) is 12.8. The molecule has 0 amide bonds. The van der Waals surface area contributed by atoms with E-state index in [0.29, 0.717) is 11.7 Å². The molecule has 0 fully saturated rings. The van der Waals surface area contributed by atoms with E-state index in [1.54, 1.807) is 6.20 Å². The largest absolute Gasteiger partial charge is 0.383 e. The molecule has 0 saturated heterocycles. The maximum Gasteiger partial charge on any atom is 0.224 e. The van der Waals surface area contributed by atoms with Gasteiger partial charge in [0.15, 0.2) is 0 Å². The van der Waals surface area contributed by atoms with Crippen LogP contribution in [0.1, 0.15) is 24.8 Å². The van der Waals surface area contributed by atoms with E-state index in [0.717, 1.165) is 17.3 Å². The summed E-state index contributed by atoms with van der Waals surface area (Å²) in [6.45, 7) is 2.09. The van der Waals surface area contributed by atoms with E-state index in [4.69, 9.17) is 17.3 Å². The van der Waals surface area contributed by atoms with Gasteiger partial charge in [-0.15, -0.1) is 0 Å². The van der Waals surface area contributed by atoms with E-state index < -0.39 is 0 Å². The van der Waals surface area contributed by atoms with Crippen LogP contribution in [0.3, 0.4) is 0 Å². The molecule has 72 valence electrons. The van der Waals surface area contributed by atoms with Gasteiger partial charge in [0, 0.05) is 17.1 Å². The van der Waals surface area contributed by atoms with Crippen molar-refractivity contribution in [3.63, 3.8) is 0 Å². The van der Waals surface area contributed by atoms with Crippen molar-refractivity contribution in [3.05, 3.63) is 17.0 Å². The first-order chi connectivity index (χ1) is 6.15. The second kappa shape index (κ2) is 4.77. The summed E-state index contributed by atoms with van der Waals surface area (Å²) in [6, 6.07) is 0. The molecule has 1 rings (SSSR count). The molecule has 1 atom stereocenters. The van der Waals surface area contributed by atoms with E-state index in [1.807, 2.05) is 0 Å². The molecule has 0 saturated carbocycles. The lowest BCUT2D eigenvalue weighted by Gasteiger charge is -2.11. The van der Waals surface area contributed by atoms with Crippen molar-refractivity contribution >= 4 is 33.3 Å². The minimum absolute atomic E-state index is 0.201. The molecule has 0 aliphatic heterocycles. The van der Waals surface area contributed by atoms with Crippen LogP contribution in [0.15, 0.2) is 6.20 Å². The van der Waals surface area contributed by atoms with Crippen LogP contribution < -0.4 is 5.73 Å². The lowest BCUT2D eigenvalue weighted by atomic mass is 10.0. The zero-order valence-corrected chi connectivity index (χ0v) is 9.64. The van der Waals surface area contributed by atoms with E-state index >= 15 is 0 Å². The number of nitrogens with zero attached hydrogens (tertiary/aromatic N) is 2. The number of anilines is 1. The number of nitrogens with two attached hydrogens (primary N) is 1. The fourth-order valence-electron chi connectivity index (χ4n) is 1.08. The number of rotatable bonds is 3. The van der Waals surface area contributed by atoms with Gasteiger partial charge in [0.2, 0.25) is 5.28 Å². The monoisotopic (exact) mass is 263 g/mol. The number of hydrogen-bond donors (Lipinski definition) is 1. The summed E-state index contributed by atoms with van der Waals surface area (Å²) in [7, 11) is 0. The van der Waals surface area contributed by atoms with Gasteiger partial charge in [-0.25, -0.2) is 9.97 Å². The first-order valence-electron chi connectivity index (χ1n) is 3.99. The maximum atomic E-state index is 5.70. The quantitative estimate of drug-likeness (QED) is 0.674. The molecule has 3 nitrogen and oxygen atoms in total. The summed E-state index contributed by atoms with van der Waals surface area (Å²) in [5.41, 5.74) is 6.66. The Hall–Kier alpha value is -0.350. The van der Waals surface area contributed by atoms with Crippen LogP contribution in [-0.4, -0.2) is 15.3 Å². The number of alkyl halides is 1. The Labute approximate surface area is 90.8 Å². The zero-order valence-electron chi connectivity index (χ0n) is 7.30. The lowest BCUT2D eigenvalue weighted by Crippen LogP contribution is -2.03. The number of aromatic nitrogens is 2. The van der Waals surface area contributed by atoms with Crippen LogP contribution in [0, 0.1) is 0 Å². The average molecular weight is 265 g/mol. The van der Waals surface area contributed by atoms with Gasteiger partial charge in [0.1, 0.15) is 5.82 Å². The molecule has 1 aromatic heterocycles. The molecule has 0 aliphatic rings. The molecule has 5 heteroatoms. The van der Waals surface area contributed by atoms with E-state index in [-0.39, 0.29) is 5.28 Å². The molecule has 13 heavy (non-hydrogen) atoms. The zero-order chi connectivity index (χ0) is 9.84. The molecule has 0 radical (unpaired) electrons. The van der Waals surface area contributed by atoms with E-state index in [2.05, 4.69) is 32.8 Å². The molecule has 2 N–H and O–H groups in total. The summed E-state index contributed by atoms with van der Waals surface area (Å²) in [4.78, 5) is 7.80. The molecule has 0 aliphatic carbocycles. The Morgan fingerprint density at radius 2 is 2.38 bits per heavy atom. The van der Waals surface area contributed by atoms with E-state index in [9.17, 15) is 0 Å². The highest BCUT2D eigenvalue weighted by Crippen LogP contribution is 2.23. The third-order valence-corrected chi connectivity index (χ3v) is 2.53. The molecular formula is C8H11BrClN3. The van der Waals surface area contributed by atoms with Crippen LogP contribution in [0.25, 0.3) is 0 Å². The standard InChI is InChI=1S/C8H11BrClN3/c1-5(2-3-9)6-4-12-8(10)13-7(6)11/h4-5H,2-3H2,1H3,(H2,11,12,13). The van der Waals surface area contributed by atoms with Gasteiger partial charge in [0.25, 0.3) is 0 Å². The molecule has 0 aromatic carbocycles. The highest BCUT2D eigenvalue weighted by atomic mass is 79.9. The summed E-state index contributed by atoms with van der Waals surface area (Å²) >= 11 is 8.97. The highest BCUT2D eigenvalue weighted by Gasteiger charge is 2.10. The van der Waals surface area contributed by atoms with Crippen LogP contribution in [0.2, 0.25) is 5.28 Å². The van der Waals surface area contributed by atoms with Gasteiger partial charge in [0.05, 0.1) is 0 Å². The second-order valence-corrected chi connectivity index (χ2v) is 3.99. The molecule has 1 heterocycles. The Balaban J connectivity index is 2.88. The van der Waals surface area contributed by atoms with E-state index in [1.165, 1.54) is 0 Å². The number of hydrogen-bond acceptors (Lipinski definition) is 3. The van der Waals surface area contributed by atoms with Crippen molar-refractivity contribution in [2.45, 2.75) is 19.3 Å². The topological polar surface area (TPSA) is 51.8 Å². The third-order valence-electron chi connectivity index (χ3n) is 1.89. The van der Waals surface area contributed by atoms with Gasteiger partial charge in [-0.2, -0.15) is 0 Å². The predicted molar refractivity (Wildman–Crippen MR) is 58.3 cm³/mol. The van der Waals surface area contributed by atoms with Gasteiger partial charge < -0.3 is 5.73 Å². The fourth-order valence-corrected chi connectivity index (χ4v) is 1.91. The second-order valence-electron chi connectivity index (χ2n) is 2.86. The van der Waals surface area contributed by atoms with Crippen molar-refractivity contribution in [1.82, 2.24) is 9.97 Å². The third kappa shape index (κ3) is 2.81. The fraction of sp³-hybridized carbons (Fsp3) is 0.500. The van der Waals surface area contributed by atoms with Crippen LogP contribution in [0.5, 0.6) is 0 Å². The van der Waals surface area contributed by atoms with Crippen molar-refractivity contribution in [2.75, 3.05) is 11.1 Å². The number of halogens is 2. The highest BCUT2D eigenvalue weighted by molar-refractivity contribution is 9.09. The van der Waals surface area contributed by atoms with Gasteiger partial charge >= 0.3 is 0 Å². The average Bonchev–Trinajstić information content (AvgIpc) is 2.04. The first kappa shape index (κ1) is 10.7. The van der Waals surface area contributed by atoms with Gasteiger partial charge in [-0.3, -0.25) is 0 Å². The van der Waals surface area contributed by atoms with Crippen molar-refractivity contribution in [1.29, 1.82) is 0 Å². The SMILES string of the molecule is CC(CCBr)c1cnc(Cl)nc1N. The molecule has 1 unspecified atom stereocenters. The smallest absolute Gasteiger partial charge is 0.224 e. The van der Waals surface area contributed by atoms with Gasteiger partial charge in [-0.1, -0.05) is 22.9 Å². The Morgan fingerprint density at radius 1 is 1.69 bits per heavy atom. The molecular weight excluding hydrogens is 253 g/mol. The summed E-state index contributed by atoms with van der Waals surface area (Å²) < 4.78 is 0. The first-order valence-corrected chi connectivity index (χ1v) is 5.49. The maximum absolute atomic E-state index is 5.70. The van der Waals surface area contributed by atoms with Crippen LogP contribution >= 0.6 is 27.5 Å². The molecule has 0 bridgehead atoms.